The summed E-state index contributed by atoms with van der Waals surface area (Å²) in [7, 11) is 0. The predicted molar refractivity (Wildman–Crippen MR) is 90.3 cm³/mol. The third kappa shape index (κ3) is 3.31. The number of aliphatic imine (C=N–C) groups is 1. The minimum Gasteiger partial charge on any atom is -0.286 e. The predicted octanol–water partition coefficient (Wildman–Crippen LogP) is 3.48. The van der Waals surface area contributed by atoms with Crippen LogP contribution in [0.4, 0.5) is 0 Å². The topological polar surface area (TPSA) is 45.6 Å². The van der Waals surface area contributed by atoms with Gasteiger partial charge in [0.2, 0.25) is 0 Å². The molecule has 0 bridgehead atoms. The molecule has 3 rings (SSSR count). The van der Waals surface area contributed by atoms with Crippen molar-refractivity contribution in [1.29, 1.82) is 0 Å². The largest absolute Gasteiger partial charge is 0.286 e. The molecule has 22 heavy (non-hydrogen) atoms. The van der Waals surface area contributed by atoms with Gasteiger partial charge in [-0.2, -0.15) is 0 Å². The monoisotopic (exact) mass is 331 g/mol. The highest BCUT2D eigenvalue weighted by molar-refractivity contribution is 8.13. The van der Waals surface area contributed by atoms with Crippen molar-refractivity contribution in [2.75, 3.05) is 13.1 Å². The van der Waals surface area contributed by atoms with Gasteiger partial charge in [-0.15, -0.1) is 0 Å². The summed E-state index contributed by atoms with van der Waals surface area (Å²) in [5.74, 6) is 0.638. The van der Waals surface area contributed by atoms with Crippen molar-refractivity contribution in [2.45, 2.75) is 5.75 Å². The lowest BCUT2D eigenvalue weighted by Crippen LogP contribution is -2.33. The van der Waals surface area contributed by atoms with Crippen molar-refractivity contribution in [2.24, 2.45) is 4.99 Å². The zero-order chi connectivity index (χ0) is 15.4. The number of hydrogen-bond acceptors (Lipinski definition) is 4. The molecule has 112 valence electrons. The molecule has 1 aliphatic rings. The molecular weight excluding hydrogens is 318 g/mol. The van der Waals surface area contributed by atoms with Crippen LogP contribution in [0.1, 0.15) is 15.9 Å². The van der Waals surface area contributed by atoms with Crippen LogP contribution in [0.25, 0.3) is 0 Å². The van der Waals surface area contributed by atoms with Crippen LogP contribution >= 0.6 is 23.4 Å². The first-order chi connectivity index (χ1) is 10.8. The van der Waals surface area contributed by atoms with Gasteiger partial charge in [-0.25, -0.2) is 0 Å². The number of carbonyl (C=O) groups excluding carboxylic acids is 1. The molecule has 2 heterocycles. The zero-order valence-electron chi connectivity index (χ0n) is 11.8. The normalized spacial score (nSPS) is 14.0. The maximum atomic E-state index is 12.6. The Morgan fingerprint density at radius 3 is 2.91 bits per heavy atom. The van der Waals surface area contributed by atoms with E-state index in [4.69, 9.17) is 11.6 Å². The summed E-state index contributed by atoms with van der Waals surface area (Å²) in [6, 6.07) is 11.0. The van der Waals surface area contributed by atoms with E-state index in [0.29, 0.717) is 23.7 Å². The molecule has 0 saturated heterocycles. The highest BCUT2D eigenvalue weighted by Gasteiger charge is 2.26. The molecule has 0 atom stereocenters. The van der Waals surface area contributed by atoms with Crippen LogP contribution in [0.15, 0.2) is 53.8 Å². The van der Waals surface area contributed by atoms with Crippen LogP contribution in [0, 0.1) is 0 Å². The van der Waals surface area contributed by atoms with E-state index in [1.165, 1.54) is 0 Å². The molecule has 0 fully saturated rings. The van der Waals surface area contributed by atoms with Crippen molar-refractivity contribution in [3.8, 4) is 0 Å². The van der Waals surface area contributed by atoms with Crippen molar-refractivity contribution < 1.29 is 4.79 Å². The second-order valence-electron chi connectivity index (χ2n) is 4.75. The Morgan fingerprint density at radius 2 is 2.14 bits per heavy atom. The molecule has 6 heteroatoms. The fourth-order valence-corrected chi connectivity index (χ4v) is 3.35. The van der Waals surface area contributed by atoms with Crippen LogP contribution in [0.5, 0.6) is 0 Å². The van der Waals surface area contributed by atoms with Gasteiger partial charge in [0.25, 0.3) is 5.91 Å². The molecule has 4 nitrogen and oxygen atoms in total. The average molecular weight is 332 g/mol. The van der Waals surface area contributed by atoms with E-state index >= 15 is 0 Å². The third-order valence-electron chi connectivity index (χ3n) is 3.24. The minimum absolute atomic E-state index is 0.0967. The molecule has 1 aromatic carbocycles. The van der Waals surface area contributed by atoms with E-state index in [0.717, 1.165) is 16.5 Å². The molecule has 1 aliphatic heterocycles. The first-order valence-corrected chi connectivity index (χ1v) is 8.24. The molecule has 0 unspecified atom stereocenters. The summed E-state index contributed by atoms with van der Waals surface area (Å²) in [5.41, 5.74) is 1.62. The number of thioether (sulfide) groups is 1. The number of benzene rings is 1. The molecule has 0 aliphatic carbocycles. The van der Waals surface area contributed by atoms with Gasteiger partial charge in [-0.1, -0.05) is 41.6 Å². The fourth-order valence-electron chi connectivity index (χ4n) is 2.15. The second-order valence-corrected chi connectivity index (χ2v) is 6.10. The lowest BCUT2D eigenvalue weighted by Gasteiger charge is -2.18. The van der Waals surface area contributed by atoms with Crippen LogP contribution in [0.2, 0.25) is 5.02 Å². The van der Waals surface area contributed by atoms with Gasteiger partial charge in [0.05, 0.1) is 17.1 Å². The maximum Gasteiger partial charge on any atom is 0.261 e. The molecule has 2 aromatic rings. The molecule has 1 aromatic heterocycles. The van der Waals surface area contributed by atoms with Crippen LogP contribution in [-0.4, -0.2) is 34.0 Å². The minimum atomic E-state index is -0.0967. The van der Waals surface area contributed by atoms with Gasteiger partial charge in [-0.3, -0.25) is 19.7 Å². The quantitative estimate of drug-likeness (QED) is 0.865. The number of pyridine rings is 1. The third-order valence-corrected chi connectivity index (χ3v) is 4.66. The smallest absolute Gasteiger partial charge is 0.261 e. The first kappa shape index (κ1) is 15.1. The molecule has 1 amide bonds. The zero-order valence-corrected chi connectivity index (χ0v) is 13.3. The molecular formula is C16H14ClN3OS. The Bertz CT molecular complexity index is 706. The lowest BCUT2D eigenvalue weighted by molar-refractivity contribution is 0.0861. The second kappa shape index (κ2) is 6.94. The number of halogens is 1. The number of hydrogen-bond donors (Lipinski definition) is 0. The van der Waals surface area contributed by atoms with Gasteiger partial charge in [-0.05, 0) is 23.8 Å². The van der Waals surface area contributed by atoms with Gasteiger partial charge in [0, 0.05) is 24.7 Å². The number of rotatable bonds is 3. The number of carbonyl (C=O) groups is 1. The maximum absolute atomic E-state index is 12.6. The summed E-state index contributed by atoms with van der Waals surface area (Å²) in [5, 5.41) is 1.21. The Morgan fingerprint density at radius 1 is 1.27 bits per heavy atom. The fraction of sp³-hybridized carbons (Fsp3) is 0.188. The van der Waals surface area contributed by atoms with Gasteiger partial charge < -0.3 is 0 Å². The Labute approximate surface area is 138 Å². The van der Waals surface area contributed by atoms with E-state index in [2.05, 4.69) is 9.98 Å². The van der Waals surface area contributed by atoms with Crippen molar-refractivity contribution >= 4 is 34.4 Å². The first-order valence-electron chi connectivity index (χ1n) is 6.88. The van der Waals surface area contributed by atoms with Crippen LogP contribution < -0.4 is 0 Å². The highest BCUT2D eigenvalue weighted by atomic mass is 35.5. The molecule has 0 radical (unpaired) electrons. The lowest BCUT2D eigenvalue weighted by atomic mass is 10.2. The van der Waals surface area contributed by atoms with E-state index < -0.39 is 0 Å². The summed E-state index contributed by atoms with van der Waals surface area (Å²) in [6.07, 6.45) is 3.57. The number of amidine groups is 1. The van der Waals surface area contributed by atoms with Crippen LogP contribution in [0.3, 0.4) is 0 Å². The van der Waals surface area contributed by atoms with Crippen molar-refractivity contribution in [3.63, 3.8) is 0 Å². The van der Waals surface area contributed by atoms with E-state index in [1.807, 2.05) is 30.5 Å². The summed E-state index contributed by atoms with van der Waals surface area (Å²) in [6.45, 7) is 1.23. The summed E-state index contributed by atoms with van der Waals surface area (Å²) >= 11 is 7.66. The number of amides is 1. The standard InChI is InChI=1S/C16H14ClN3OS/c17-14-6-2-1-5-13(14)15(21)20-9-8-19-16(20)22-11-12-4-3-7-18-10-12/h1-7,10H,8-9,11H2. The van der Waals surface area contributed by atoms with E-state index in [-0.39, 0.29) is 5.91 Å². The summed E-state index contributed by atoms with van der Waals surface area (Å²) in [4.78, 5) is 22.8. The SMILES string of the molecule is O=C(c1ccccc1Cl)N1CCN=C1SCc1cccnc1. The van der Waals surface area contributed by atoms with Gasteiger partial charge in [0.15, 0.2) is 5.17 Å². The summed E-state index contributed by atoms with van der Waals surface area (Å²) < 4.78 is 0. The highest BCUT2D eigenvalue weighted by Crippen LogP contribution is 2.23. The van der Waals surface area contributed by atoms with Gasteiger partial charge in [0.1, 0.15) is 0 Å². The Kier molecular flexibility index (Phi) is 4.75. The number of nitrogens with zero attached hydrogens (tertiary/aromatic N) is 3. The van der Waals surface area contributed by atoms with E-state index in [9.17, 15) is 4.79 Å². The average Bonchev–Trinajstić information content (AvgIpc) is 3.02. The molecule has 0 N–H and O–H groups in total. The van der Waals surface area contributed by atoms with Crippen molar-refractivity contribution in [3.05, 3.63) is 64.9 Å². The molecule has 0 saturated carbocycles. The Hall–Kier alpha value is -1.85. The van der Waals surface area contributed by atoms with E-state index in [1.54, 1.807) is 35.0 Å². The van der Waals surface area contributed by atoms with Crippen LogP contribution in [-0.2, 0) is 5.75 Å². The van der Waals surface area contributed by atoms with Crippen molar-refractivity contribution in [1.82, 2.24) is 9.88 Å². The molecule has 0 spiro atoms. The van der Waals surface area contributed by atoms with Gasteiger partial charge >= 0.3 is 0 Å². The Balaban J connectivity index is 1.70. The number of aromatic nitrogens is 1.